The number of nitrogens with zero attached hydrogens (tertiary/aromatic N) is 1. The number of pyridine rings is 1. The van der Waals surface area contributed by atoms with Crippen molar-refractivity contribution in [3.05, 3.63) is 50.4 Å². The van der Waals surface area contributed by atoms with Gasteiger partial charge in [-0.15, -0.1) is 11.3 Å². The van der Waals surface area contributed by atoms with E-state index >= 15 is 0 Å². The Bertz CT molecular complexity index is 466. The van der Waals surface area contributed by atoms with Crippen LogP contribution in [0.5, 0.6) is 0 Å². The summed E-state index contributed by atoms with van der Waals surface area (Å²) >= 11 is 4.93. The van der Waals surface area contributed by atoms with Crippen molar-refractivity contribution >= 4 is 27.3 Å². The number of aromatic nitrogens is 1. The van der Waals surface area contributed by atoms with Gasteiger partial charge in [-0.2, -0.15) is 0 Å². The van der Waals surface area contributed by atoms with Gasteiger partial charge in [0.1, 0.15) is 0 Å². The molecule has 4 heteroatoms. The first-order valence-electron chi connectivity index (χ1n) is 4.99. The van der Waals surface area contributed by atoms with E-state index in [1.54, 1.807) is 17.5 Å². The molecule has 0 aliphatic rings. The largest absolute Gasteiger partial charge is 0.387 e. The highest BCUT2D eigenvalue weighted by Gasteiger charge is 2.12. The third kappa shape index (κ3) is 2.70. The zero-order valence-electron chi connectivity index (χ0n) is 8.85. The fraction of sp³-hybridized carbons (Fsp3) is 0.250. The van der Waals surface area contributed by atoms with Crippen LogP contribution in [0.25, 0.3) is 0 Å². The number of rotatable bonds is 3. The molecule has 84 valence electrons. The molecule has 0 saturated heterocycles. The van der Waals surface area contributed by atoms with Crippen LogP contribution >= 0.6 is 27.3 Å². The number of hydrogen-bond acceptors (Lipinski definition) is 3. The highest BCUT2D eigenvalue weighted by molar-refractivity contribution is 9.10. The van der Waals surface area contributed by atoms with Crippen molar-refractivity contribution in [1.29, 1.82) is 0 Å². The van der Waals surface area contributed by atoms with Crippen molar-refractivity contribution in [2.75, 3.05) is 0 Å². The molecule has 0 aliphatic carbocycles. The molecule has 2 nitrogen and oxygen atoms in total. The first-order chi connectivity index (χ1) is 7.66. The molecule has 0 fully saturated rings. The lowest BCUT2D eigenvalue weighted by molar-refractivity contribution is 0.180. The Kier molecular flexibility index (Phi) is 3.74. The minimum absolute atomic E-state index is 0.450. The topological polar surface area (TPSA) is 33.1 Å². The Labute approximate surface area is 107 Å². The van der Waals surface area contributed by atoms with Crippen LogP contribution in [0.2, 0.25) is 0 Å². The van der Waals surface area contributed by atoms with E-state index in [1.807, 2.05) is 30.5 Å². The predicted octanol–water partition coefficient (Wildman–Crippen LogP) is 3.49. The smallest absolute Gasteiger partial charge is 0.0939 e. The SMILES string of the molecule is Cc1ccsc1C(O)Cc1ccc(Br)cn1. The van der Waals surface area contributed by atoms with E-state index in [0.29, 0.717) is 6.42 Å². The van der Waals surface area contributed by atoms with E-state index in [-0.39, 0.29) is 0 Å². The molecule has 1 N–H and O–H groups in total. The summed E-state index contributed by atoms with van der Waals surface area (Å²) in [6.45, 7) is 2.02. The van der Waals surface area contributed by atoms with Crippen molar-refractivity contribution < 1.29 is 5.11 Å². The summed E-state index contributed by atoms with van der Waals surface area (Å²) in [6, 6.07) is 5.89. The van der Waals surface area contributed by atoms with Gasteiger partial charge in [0.25, 0.3) is 0 Å². The van der Waals surface area contributed by atoms with Crippen LogP contribution in [0, 0.1) is 6.92 Å². The molecule has 0 saturated carbocycles. The molecule has 0 bridgehead atoms. The summed E-state index contributed by atoms with van der Waals surface area (Å²) in [5.74, 6) is 0. The molecule has 0 aromatic carbocycles. The van der Waals surface area contributed by atoms with Crippen LogP contribution in [0.3, 0.4) is 0 Å². The second-order valence-corrected chi connectivity index (χ2v) is 5.52. The zero-order chi connectivity index (χ0) is 11.5. The van der Waals surface area contributed by atoms with Gasteiger partial charge >= 0.3 is 0 Å². The van der Waals surface area contributed by atoms with E-state index < -0.39 is 6.10 Å². The first-order valence-corrected chi connectivity index (χ1v) is 6.66. The third-order valence-electron chi connectivity index (χ3n) is 2.40. The lowest BCUT2D eigenvalue weighted by Crippen LogP contribution is -2.02. The molecular formula is C12H12BrNOS. The van der Waals surface area contributed by atoms with E-state index in [9.17, 15) is 5.11 Å². The van der Waals surface area contributed by atoms with E-state index in [1.165, 1.54) is 0 Å². The van der Waals surface area contributed by atoms with E-state index in [0.717, 1.165) is 20.6 Å². The van der Waals surface area contributed by atoms with Crippen LogP contribution < -0.4 is 0 Å². The molecule has 0 radical (unpaired) electrons. The Balaban J connectivity index is 2.10. The highest BCUT2D eigenvalue weighted by atomic mass is 79.9. The normalized spacial score (nSPS) is 12.7. The van der Waals surface area contributed by atoms with Crippen molar-refractivity contribution in [2.45, 2.75) is 19.4 Å². The summed E-state index contributed by atoms with van der Waals surface area (Å²) < 4.78 is 0.957. The number of aliphatic hydroxyl groups excluding tert-OH is 1. The maximum absolute atomic E-state index is 10.1. The Morgan fingerprint density at radius 2 is 2.25 bits per heavy atom. The second-order valence-electron chi connectivity index (χ2n) is 3.66. The van der Waals surface area contributed by atoms with Gasteiger partial charge in [0.15, 0.2) is 0 Å². The summed E-state index contributed by atoms with van der Waals surface area (Å²) in [4.78, 5) is 5.29. The predicted molar refractivity (Wildman–Crippen MR) is 69.7 cm³/mol. The number of aliphatic hydroxyl groups is 1. The fourth-order valence-electron chi connectivity index (χ4n) is 1.54. The van der Waals surface area contributed by atoms with Crippen LogP contribution in [-0.2, 0) is 6.42 Å². The average Bonchev–Trinajstić information content (AvgIpc) is 2.68. The Hall–Kier alpha value is -0.710. The maximum Gasteiger partial charge on any atom is 0.0939 e. The van der Waals surface area contributed by atoms with Gasteiger partial charge in [0.05, 0.1) is 6.10 Å². The fourth-order valence-corrected chi connectivity index (χ4v) is 2.69. The first kappa shape index (κ1) is 11.8. The van der Waals surface area contributed by atoms with Crippen LogP contribution in [0.15, 0.2) is 34.2 Å². The summed E-state index contributed by atoms with van der Waals surface area (Å²) in [5, 5.41) is 12.1. The monoisotopic (exact) mass is 297 g/mol. The molecule has 2 rings (SSSR count). The lowest BCUT2D eigenvalue weighted by atomic mass is 10.1. The third-order valence-corrected chi connectivity index (χ3v) is 3.98. The molecule has 0 amide bonds. The van der Waals surface area contributed by atoms with E-state index in [4.69, 9.17) is 0 Å². The number of halogens is 1. The van der Waals surface area contributed by atoms with Crippen molar-refractivity contribution in [2.24, 2.45) is 0 Å². The van der Waals surface area contributed by atoms with Crippen molar-refractivity contribution in [3.63, 3.8) is 0 Å². The molecule has 16 heavy (non-hydrogen) atoms. The maximum atomic E-state index is 10.1. The van der Waals surface area contributed by atoms with Gasteiger partial charge in [-0.25, -0.2) is 0 Å². The molecule has 2 aromatic rings. The molecule has 1 unspecified atom stereocenters. The zero-order valence-corrected chi connectivity index (χ0v) is 11.3. The second kappa shape index (κ2) is 5.08. The molecule has 2 aromatic heterocycles. The van der Waals surface area contributed by atoms with Crippen molar-refractivity contribution in [3.8, 4) is 0 Å². The standard InChI is InChI=1S/C12H12BrNOS/c1-8-4-5-16-12(8)11(15)6-10-3-2-9(13)7-14-10/h2-5,7,11,15H,6H2,1H3. The summed E-state index contributed by atoms with van der Waals surface area (Å²) in [7, 11) is 0. The average molecular weight is 298 g/mol. The minimum atomic E-state index is -0.450. The van der Waals surface area contributed by atoms with Crippen LogP contribution in [0.1, 0.15) is 22.2 Å². The minimum Gasteiger partial charge on any atom is -0.387 e. The molecule has 1 atom stereocenters. The van der Waals surface area contributed by atoms with Gasteiger partial charge in [-0.05, 0) is 52.0 Å². The number of hydrogen-bond donors (Lipinski definition) is 1. The van der Waals surface area contributed by atoms with Gasteiger partial charge in [-0.3, -0.25) is 4.98 Å². The van der Waals surface area contributed by atoms with Gasteiger partial charge < -0.3 is 5.11 Å². The summed E-state index contributed by atoms with van der Waals surface area (Å²) in [5.41, 5.74) is 2.05. The number of thiophene rings is 1. The Morgan fingerprint density at radius 1 is 1.44 bits per heavy atom. The van der Waals surface area contributed by atoms with Gasteiger partial charge in [-0.1, -0.05) is 0 Å². The van der Waals surface area contributed by atoms with E-state index in [2.05, 4.69) is 20.9 Å². The number of aryl methyl sites for hydroxylation is 1. The lowest BCUT2D eigenvalue weighted by Gasteiger charge is -2.09. The molecule has 0 aliphatic heterocycles. The highest BCUT2D eigenvalue weighted by Crippen LogP contribution is 2.26. The molecule has 2 heterocycles. The van der Waals surface area contributed by atoms with Gasteiger partial charge in [0.2, 0.25) is 0 Å². The summed E-state index contributed by atoms with van der Waals surface area (Å²) in [6.07, 6.45) is 1.87. The van der Waals surface area contributed by atoms with Gasteiger partial charge in [0, 0.05) is 27.7 Å². The molecular weight excluding hydrogens is 286 g/mol. The van der Waals surface area contributed by atoms with Crippen LogP contribution in [0.4, 0.5) is 0 Å². The quantitative estimate of drug-likeness (QED) is 0.941. The van der Waals surface area contributed by atoms with Crippen molar-refractivity contribution in [1.82, 2.24) is 4.98 Å². The van der Waals surface area contributed by atoms with Crippen LogP contribution in [-0.4, -0.2) is 10.1 Å². The molecule has 0 spiro atoms. The Morgan fingerprint density at radius 3 is 2.81 bits per heavy atom.